The van der Waals surface area contributed by atoms with Crippen molar-refractivity contribution in [3.63, 3.8) is 0 Å². The van der Waals surface area contributed by atoms with Crippen LogP contribution in [0, 0.1) is 0 Å². The Kier molecular flexibility index (Phi) is 6.39. The number of hydrogen-bond acceptors (Lipinski definition) is 0. The Morgan fingerprint density at radius 2 is 1.00 bits per heavy atom. The van der Waals surface area contributed by atoms with Crippen LogP contribution in [0.3, 0.4) is 0 Å². The quantitative estimate of drug-likeness (QED) is 0.494. The molecular weight excluding hydrogens is 168 g/mol. The van der Waals surface area contributed by atoms with Crippen molar-refractivity contribution in [2.75, 3.05) is 0 Å². The molecule has 0 unspecified atom stereocenters. The van der Waals surface area contributed by atoms with Gasteiger partial charge in [-0.2, -0.15) is 0 Å². The summed E-state index contributed by atoms with van der Waals surface area (Å²) in [5.74, 6) is 0. The molecule has 74 valence electrons. The molecular formula is C14H18. The van der Waals surface area contributed by atoms with Gasteiger partial charge in [-0.15, -0.1) is 0 Å². The van der Waals surface area contributed by atoms with Crippen LogP contribution in [0.2, 0.25) is 0 Å². The van der Waals surface area contributed by atoms with E-state index >= 15 is 0 Å². The average molecular weight is 186 g/mol. The molecule has 0 aromatic carbocycles. The van der Waals surface area contributed by atoms with E-state index in [2.05, 4.69) is 60.8 Å². The summed E-state index contributed by atoms with van der Waals surface area (Å²) in [6.07, 6.45) is 26.0. The zero-order chi connectivity index (χ0) is 9.90. The molecule has 0 N–H and O–H groups in total. The first-order valence-electron chi connectivity index (χ1n) is 5.28. The molecule has 0 aromatic heterocycles. The minimum atomic E-state index is 1.03. The largest absolute Gasteiger partial charge is 0.0879 e. The van der Waals surface area contributed by atoms with Gasteiger partial charge in [-0.05, 0) is 25.7 Å². The lowest BCUT2D eigenvalue weighted by Crippen LogP contribution is -1.66. The maximum Gasteiger partial charge on any atom is -0.0166 e. The monoisotopic (exact) mass is 186 g/mol. The summed E-state index contributed by atoms with van der Waals surface area (Å²) in [4.78, 5) is 0. The Bertz CT molecular complexity index is 262. The van der Waals surface area contributed by atoms with E-state index in [9.17, 15) is 0 Å². The molecule has 0 spiro atoms. The van der Waals surface area contributed by atoms with E-state index in [-0.39, 0.29) is 0 Å². The summed E-state index contributed by atoms with van der Waals surface area (Å²) >= 11 is 0. The van der Waals surface area contributed by atoms with Crippen LogP contribution in [-0.4, -0.2) is 0 Å². The van der Waals surface area contributed by atoms with Gasteiger partial charge >= 0.3 is 0 Å². The predicted octanol–water partition coefficient (Wildman–Crippen LogP) is 4.34. The Labute approximate surface area is 87.0 Å². The lowest BCUT2D eigenvalue weighted by atomic mass is 10.2. The fourth-order valence-corrected chi connectivity index (χ4v) is 1.22. The number of allylic oxidation sites excluding steroid dienone is 10. The maximum absolute atomic E-state index is 2.25. The highest BCUT2D eigenvalue weighted by atomic mass is 13.8. The van der Waals surface area contributed by atoms with Gasteiger partial charge in [0.15, 0.2) is 0 Å². The van der Waals surface area contributed by atoms with Crippen molar-refractivity contribution >= 4 is 0 Å². The predicted molar refractivity (Wildman–Crippen MR) is 64.2 cm³/mol. The van der Waals surface area contributed by atoms with Gasteiger partial charge in [0.25, 0.3) is 0 Å². The zero-order valence-corrected chi connectivity index (χ0v) is 8.60. The fourth-order valence-electron chi connectivity index (χ4n) is 1.22. The Morgan fingerprint density at radius 1 is 0.429 bits per heavy atom. The van der Waals surface area contributed by atoms with E-state index in [0.717, 1.165) is 25.7 Å². The van der Waals surface area contributed by atoms with Crippen LogP contribution in [0.4, 0.5) is 0 Å². The second kappa shape index (κ2) is 8.31. The van der Waals surface area contributed by atoms with Gasteiger partial charge in [0, 0.05) is 0 Å². The minimum absolute atomic E-state index is 1.03. The van der Waals surface area contributed by atoms with Gasteiger partial charge in [0.1, 0.15) is 0 Å². The van der Waals surface area contributed by atoms with E-state index in [1.807, 2.05) is 0 Å². The van der Waals surface area contributed by atoms with Gasteiger partial charge in [0.05, 0.1) is 0 Å². The van der Waals surface area contributed by atoms with Crippen LogP contribution >= 0.6 is 0 Å². The SMILES string of the molecule is C1=C\CC/C=C\C/C=C\C/C=C/C=C/1. The molecule has 0 radical (unpaired) electrons. The molecule has 0 heterocycles. The second-order valence-electron chi connectivity index (χ2n) is 3.23. The summed E-state index contributed by atoms with van der Waals surface area (Å²) in [6.45, 7) is 0. The van der Waals surface area contributed by atoms with Crippen LogP contribution < -0.4 is 0 Å². The summed E-state index contributed by atoms with van der Waals surface area (Å²) < 4.78 is 0. The number of rotatable bonds is 0. The first-order valence-corrected chi connectivity index (χ1v) is 5.28. The summed E-state index contributed by atoms with van der Waals surface area (Å²) in [5, 5.41) is 0. The third-order valence-electron chi connectivity index (χ3n) is 1.98. The van der Waals surface area contributed by atoms with Crippen molar-refractivity contribution < 1.29 is 0 Å². The summed E-state index contributed by atoms with van der Waals surface area (Å²) in [5.41, 5.74) is 0. The third kappa shape index (κ3) is 6.24. The summed E-state index contributed by atoms with van der Waals surface area (Å²) in [6, 6.07) is 0. The molecule has 0 heteroatoms. The van der Waals surface area contributed by atoms with Crippen molar-refractivity contribution in [3.05, 3.63) is 60.8 Å². The highest BCUT2D eigenvalue weighted by molar-refractivity contribution is 5.12. The standard InChI is InChI=1S/C14H18/c1-2-4-6-8-10-12-14-13-11-9-7-5-3-1/h1-6,9,11-12,14H,7-8,10,13H2/b2-1+,5-3+,6-4-,11-9-,14-12-. The van der Waals surface area contributed by atoms with Gasteiger partial charge in [-0.25, -0.2) is 0 Å². The first-order chi connectivity index (χ1) is 7.00. The van der Waals surface area contributed by atoms with E-state index < -0.39 is 0 Å². The molecule has 0 atom stereocenters. The van der Waals surface area contributed by atoms with Gasteiger partial charge < -0.3 is 0 Å². The van der Waals surface area contributed by atoms with Crippen molar-refractivity contribution in [2.45, 2.75) is 25.7 Å². The van der Waals surface area contributed by atoms with E-state index in [1.165, 1.54) is 0 Å². The average Bonchev–Trinajstić information content (AvgIpc) is 2.22. The molecule has 0 saturated heterocycles. The van der Waals surface area contributed by atoms with Crippen molar-refractivity contribution in [1.82, 2.24) is 0 Å². The molecule has 1 aliphatic carbocycles. The van der Waals surface area contributed by atoms with Gasteiger partial charge in [0.2, 0.25) is 0 Å². The molecule has 14 heavy (non-hydrogen) atoms. The minimum Gasteiger partial charge on any atom is -0.0879 e. The lowest BCUT2D eigenvalue weighted by Gasteiger charge is -1.87. The van der Waals surface area contributed by atoms with Crippen LogP contribution in [0.1, 0.15) is 25.7 Å². The molecule has 0 bridgehead atoms. The number of hydrogen-bond donors (Lipinski definition) is 0. The van der Waals surface area contributed by atoms with Crippen molar-refractivity contribution in [2.24, 2.45) is 0 Å². The van der Waals surface area contributed by atoms with Crippen LogP contribution in [0.5, 0.6) is 0 Å². The topological polar surface area (TPSA) is 0 Å². The first kappa shape index (κ1) is 10.8. The van der Waals surface area contributed by atoms with Crippen molar-refractivity contribution in [3.8, 4) is 0 Å². The second-order valence-corrected chi connectivity index (χ2v) is 3.23. The Hall–Kier alpha value is -1.30. The molecule has 0 aromatic rings. The maximum atomic E-state index is 2.25. The lowest BCUT2D eigenvalue weighted by molar-refractivity contribution is 1.04. The summed E-state index contributed by atoms with van der Waals surface area (Å²) in [7, 11) is 0. The highest BCUT2D eigenvalue weighted by Gasteiger charge is 1.77. The van der Waals surface area contributed by atoms with Crippen molar-refractivity contribution in [1.29, 1.82) is 0 Å². The normalized spacial score (nSPS) is 29.7. The molecule has 0 aliphatic heterocycles. The molecule has 1 aliphatic rings. The third-order valence-corrected chi connectivity index (χ3v) is 1.98. The molecule has 0 nitrogen and oxygen atoms in total. The highest BCUT2D eigenvalue weighted by Crippen LogP contribution is 1.97. The van der Waals surface area contributed by atoms with E-state index in [1.54, 1.807) is 0 Å². The molecule has 0 amide bonds. The molecule has 1 rings (SSSR count). The van der Waals surface area contributed by atoms with Gasteiger partial charge in [-0.1, -0.05) is 60.8 Å². The zero-order valence-electron chi connectivity index (χ0n) is 8.60. The fraction of sp³-hybridized carbons (Fsp3) is 0.286. The Balaban J connectivity index is 2.45. The molecule has 0 saturated carbocycles. The van der Waals surface area contributed by atoms with E-state index in [4.69, 9.17) is 0 Å². The smallest absolute Gasteiger partial charge is 0.0166 e. The van der Waals surface area contributed by atoms with E-state index in [0.29, 0.717) is 0 Å². The van der Waals surface area contributed by atoms with Crippen LogP contribution in [0.25, 0.3) is 0 Å². The Morgan fingerprint density at radius 3 is 1.86 bits per heavy atom. The molecule has 0 fully saturated rings. The van der Waals surface area contributed by atoms with Crippen LogP contribution in [0.15, 0.2) is 60.8 Å². The van der Waals surface area contributed by atoms with Crippen LogP contribution in [-0.2, 0) is 0 Å². The van der Waals surface area contributed by atoms with Gasteiger partial charge in [-0.3, -0.25) is 0 Å².